The number of anilines is 1. The fourth-order valence-corrected chi connectivity index (χ4v) is 0.798. The molecular weight excluding hydrogens is 192 g/mol. The largest absolute Gasteiger partial charge is 0.390 e. The summed E-state index contributed by atoms with van der Waals surface area (Å²) in [5.41, 5.74) is 0.690. The Morgan fingerprint density at radius 3 is 2.86 bits per heavy atom. The molecule has 0 aliphatic heterocycles. The Morgan fingerprint density at radius 2 is 2.29 bits per heavy atom. The first-order valence-corrected chi connectivity index (χ1v) is 4.06. The number of alkyl halides is 2. The highest BCUT2D eigenvalue weighted by Gasteiger charge is 2.27. The maximum atomic E-state index is 12.6. The van der Waals surface area contributed by atoms with Gasteiger partial charge in [-0.2, -0.15) is 0 Å². The number of hydrogen-bond acceptors (Lipinski definition) is 4. The van der Waals surface area contributed by atoms with Gasteiger partial charge in [0, 0.05) is 11.9 Å². The van der Waals surface area contributed by atoms with Gasteiger partial charge in [-0.25, -0.2) is 18.7 Å². The standard InChI is InChI=1S/C8H11F2N3O/c1-6-2-3-11-7(13-6)12-4-8(9,10)5-14/h2-3,14H,4-5H2,1H3,(H,11,12,13). The van der Waals surface area contributed by atoms with Crippen LogP contribution in [0, 0.1) is 6.92 Å². The SMILES string of the molecule is Cc1ccnc(NCC(F)(F)CO)n1. The van der Waals surface area contributed by atoms with Gasteiger partial charge in [-0.05, 0) is 13.0 Å². The fourth-order valence-electron chi connectivity index (χ4n) is 0.798. The van der Waals surface area contributed by atoms with Gasteiger partial charge in [0.25, 0.3) is 5.92 Å². The number of nitrogens with one attached hydrogen (secondary N) is 1. The average Bonchev–Trinajstić information content (AvgIpc) is 2.15. The summed E-state index contributed by atoms with van der Waals surface area (Å²) in [5, 5.41) is 10.6. The van der Waals surface area contributed by atoms with Crippen LogP contribution in [0.4, 0.5) is 14.7 Å². The fraction of sp³-hybridized carbons (Fsp3) is 0.500. The molecule has 0 aromatic carbocycles. The number of rotatable bonds is 4. The van der Waals surface area contributed by atoms with E-state index in [1.54, 1.807) is 13.0 Å². The number of aryl methyl sites for hydroxylation is 1. The minimum Gasteiger partial charge on any atom is -0.390 e. The van der Waals surface area contributed by atoms with Crippen molar-refractivity contribution >= 4 is 5.95 Å². The van der Waals surface area contributed by atoms with E-state index < -0.39 is 19.1 Å². The molecule has 0 bridgehead atoms. The van der Waals surface area contributed by atoms with Crippen LogP contribution in [0.15, 0.2) is 12.3 Å². The second-order valence-electron chi connectivity index (χ2n) is 2.89. The van der Waals surface area contributed by atoms with Crippen LogP contribution in [-0.2, 0) is 0 Å². The number of hydrogen-bond donors (Lipinski definition) is 2. The first kappa shape index (κ1) is 10.8. The van der Waals surface area contributed by atoms with Crippen LogP contribution in [0.2, 0.25) is 0 Å². The molecule has 0 saturated heterocycles. The van der Waals surface area contributed by atoms with Crippen molar-refractivity contribution in [2.75, 3.05) is 18.5 Å². The van der Waals surface area contributed by atoms with Gasteiger partial charge in [-0.15, -0.1) is 0 Å². The molecule has 4 nitrogen and oxygen atoms in total. The zero-order chi connectivity index (χ0) is 10.6. The molecule has 0 saturated carbocycles. The zero-order valence-corrected chi connectivity index (χ0v) is 7.67. The third-order valence-electron chi connectivity index (χ3n) is 1.53. The highest BCUT2D eigenvalue weighted by Crippen LogP contribution is 2.12. The second-order valence-corrected chi connectivity index (χ2v) is 2.89. The number of aromatic nitrogens is 2. The molecule has 0 atom stereocenters. The summed E-state index contributed by atoms with van der Waals surface area (Å²) in [5.74, 6) is -3.01. The van der Waals surface area contributed by atoms with Crippen molar-refractivity contribution in [3.8, 4) is 0 Å². The monoisotopic (exact) mass is 203 g/mol. The van der Waals surface area contributed by atoms with Gasteiger partial charge in [0.2, 0.25) is 5.95 Å². The molecule has 1 aromatic rings. The summed E-state index contributed by atoms with van der Waals surface area (Å²) in [7, 11) is 0. The lowest BCUT2D eigenvalue weighted by Crippen LogP contribution is -2.31. The Balaban J connectivity index is 2.54. The van der Waals surface area contributed by atoms with Crippen LogP contribution in [-0.4, -0.2) is 34.1 Å². The molecule has 1 aromatic heterocycles. The van der Waals surface area contributed by atoms with Gasteiger partial charge in [-0.3, -0.25) is 0 Å². The van der Waals surface area contributed by atoms with Gasteiger partial charge in [0.05, 0.1) is 6.54 Å². The Kier molecular flexibility index (Phi) is 3.29. The molecule has 78 valence electrons. The minimum atomic E-state index is -3.15. The first-order chi connectivity index (χ1) is 6.53. The van der Waals surface area contributed by atoms with Crippen molar-refractivity contribution in [1.82, 2.24) is 9.97 Å². The van der Waals surface area contributed by atoms with E-state index in [1.165, 1.54) is 6.20 Å². The summed E-state index contributed by atoms with van der Waals surface area (Å²) in [6.07, 6.45) is 1.47. The quantitative estimate of drug-likeness (QED) is 0.760. The van der Waals surface area contributed by atoms with E-state index in [0.717, 1.165) is 0 Å². The molecule has 2 N–H and O–H groups in total. The summed E-state index contributed by atoms with van der Waals surface area (Å²) in [6, 6.07) is 1.66. The smallest absolute Gasteiger partial charge is 0.287 e. The van der Waals surface area contributed by atoms with Gasteiger partial charge in [-0.1, -0.05) is 0 Å². The lowest BCUT2D eigenvalue weighted by Gasteiger charge is -2.13. The third-order valence-corrected chi connectivity index (χ3v) is 1.53. The predicted molar refractivity (Wildman–Crippen MR) is 47.3 cm³/mol. The molecule has 0 amide bonds. The van der Waals surface area contributed by atoms with E-state index in [4.69, 9.17) is 5.11 Å². The summed E-state index contributed by atoms with van der Waals surface area (Å²) in [6.45, 7) is -0.129. The summed E-state index contributed by atoms with van der Waals surface area (Å²) < 4.78 is 25.1. The predicted octanol–water partition coefficient (Wildman–Crippen LogP) is 0.825. The summed E-state index contributed by atoms with van der Waals surface area (Å²) >= 11 is 0. The highest BCUT2D eigenvalue weighted by atomic mass is 19.3. The maximum Gasteiger partial charge on any atom is 0.287 e. The number of aliphatic hydroxyl groups excluding tert-OH is 1. The molecule has 0 spiro atoms. The topological polar surface area (TPSA) is 58.0 Å². The number of aliphatic hydroxyl groups is 1. The molecule has 0 aliphatic carbocycles. The molecule has 0 unspecified atom stereocenters. The Hall–Kier alpha value is -1.30. The lowest BCUT2D eigenvalue weighted by atomic mass is 10.3. The normalized spacial score (nSPS) is 11.4. The molecule has 1 rings (SSSR count). The van der Waals surface area contributed by atoms with E-state index in [0.29, 0.717) is 5.69 Å². The van der Waals surface area contributed by atoms with E-state index >= 15 is 0 Å². The van der Waals surface area contributed by atoms with Crippen molar-refractivity contribution in [3.05, 3.63) is 18.0 Å². The number of nitrogens with zero attached hydrogens (tertiary/aromatic N) is 2. The van der Waals surface area contributed by atoms with Gasteiger partial charge >= 0.3 is 0 Å². The molecule has 0 aliphatic rings. The second kappa shape index (κ2) is 4.28. The third kappa shape index (κ3) is 3.21. The molecule has 1 heterocycles. The van der Waals surface area contributed by atoms with E-state index in [-0.39, 0.29) is 5.95 Å². The van der Waals surface area contributed by atoms with Crippen LogP contribution in [0.5, 0.6) is 0 Å². The molecule has 14 heavy (non-hydrogen) atoms. The lowest BCUT2D eigenvalue weighted by molar-refractivity contribution is -0.0374. The summed E-state index contributed by atoms with van der Waals surface area (Å²) in [4.78, 5) is 7.61. The Bertz CT molecular complexity index is 306. The molecule has 6 heteroatoms. The molecule has 0 fully saturated rings. The molecular formula is C8H11F2N3O. The Morgan fingerprint density at radius 1 is 1.57 bits per heavy atom. The number of halogens is 2. The van der Waals surface area contributed by atoms with Crippen molar-refractivity contribution in [2.45, 2.75) is 12.8 Å². The van der Waals surface area contributed by atoms with E-state index in [1.807, 2.05) is 0 Å². The average molecular weight is 203 g/mol. The van der Waals surface area contributed by atoms with Crippen LogP contribution < -0.4 is 5.32 Å². The van der Waals surface area contributed by atoms with Crippen LogP contribution >= 0.6 is 0 Å². The van der Waals surface area contributed by atoms with Gasteiger partial charge in [0.15, 0.2) is 0 Å². The minimum absolute atomic E-state index is 0.137. The van der Waals surface area contributed by atoms with Crippen molar-refractivity contribution in [3.63, 3.8) is 0 Å². The van der Waals surface area contributed by atoms with Gasteiger partial charge < -0.3 is 10.4 Å². The van der Waals surface area contributed by atoms with Crippen LogP contribution in [0.1, 0.15) is 5.69 Å². The van der Waals surface area contributed by atoms with Crippen molar-refractivity contribution in [2.24, 2.45) is 0 Å². The van der Waals surface area contributed by atoms with Crippen LogP contribution in [0.25, 0.3) is 0 Å². The first-order valence-electron chi connectivity index (χ1n) is 4.06. The van der Waals surface area contributed by atoms with E-state index in [9.17, 15) is 8.78 Å². The van der Waals surface area contributed by atoms with Gasteiger partial charge in [0.1, 0.15) is 6.61 Å². The highest BCUT2D eigenvalue weighted by molar-refractivity contribution is 5.25. The van der Waals surface area contributed by atoms with Crippen LogP contribution in [0.3, 0.4) is 0 Å². The van der Waals surface area contributed by atoms with Crippen molar-refractivity contribution < 1.29 is 13.9 Å². The Labute approximate surface area is 80.0 Å². The maximum absolute atomic E-state index is 12.6. The molecule has 0 radical (unpaired) electrons. The van der Waals surface area contributed by atoms with E-state index in [2.05, 4.69) is 15.3 Å². The zero-order valence-electron chi connectivity index (χ0n) is 7.67. The van der Waals surface area contributed by atoms with Crippen molar-refractivity contribution in [1.29, 1.82) is 0 Å².